The summed E-state index contributed by atoms with van der Waals surface area (Å²) in [4.78, 5) is 21.6. The first-order chi connectivity index (χ1) is 14.4. The van der Waals surface area contributed by atoms with Crippen LogP contribution in [0.25, 0.3) is 10.3 Å². The number of hydrogen-bond acceptors (Lipinski definition) is 9. The van der Waals surface area contributed by atoms with E-state index in [-0.39, 0.29) is 12.5 Å². The first-order valence-electron chi connectivity index (χ1n) is 8.87. The van der Waals surface area contributed by atoms with Crippen LogP contribution in [-0.4, -0.2) is 38.6 Å². The van der Waals surface area contributed by atoms with Crippen LogP contribution in [0.2, 0.25) is 0 Å². The van der Waals surface area contributed by atoms with Gasteiger partial charge in [-0.1, -0.05) is 0 Å². The van der Waals surface area contributed by atoms with Crippen LogP contribution in [0.1, 0.15) is 32.3 Å². The van der Waals surface area contributed by atoms with Crippen molar-refractivity contribution in [3.63, 3.8) is 0 Å². The van der Waals surface area contributed by atoms with E-state index in [4.69, 9.17) is 27.7 Å². The third-order valence-electron chi connectivity index (χ3n) is 4.47. The van der Waals surface area contributed by atoms with Crippen molar-refractivity contribution >= 4 is 51.4 Å². The van der Waals surface area contributed by atoms with Gasteiger partial charge in [0, 0.05) is 54.6 Å². The summed E-state index contributed by atoms with van der Waals surface area (Å²) < 4.78 is 2.34. The van der Waals surface area contributed by atoms with Crippen LogP contribution in [0.4, 0.5) is 5.69 Å². The summed E-state index contributed by atoms with van der Waals surface area (Å²) in [5.41, 5.74) is 14.2. The highest BCUT2D eigenvalue weighted by Gasteiger charge is 2.23. The molecule has 0 saturated carbocycles. The third-order valence-corrected chi connectivity index (χ3v) is 5.55. The van der Waals surface area contributed by atoms with Gasteiger partial charge in [0.2, 0.25) is 0 Å². The lowest BCUT2D eigenvalue weighted by Gasteiger charge is -2.10. The Bertz CT molecular complexity index is 1190. The molecule has 11 heteroatoms. The van der Waals surface area contributed by atoms with Crippen LogP contribution in [0, 0.1) is 16.2 Å². The summed E-state index contributed by atoms with van der Waals surface area (Å²) in [5, 5.41) is 26.6. The molecule has 10 nitrogen and oxygen atoms in total. The van der Waals surface area contributed by atoms with Gasteiger partial charge in [0.1, 0.15) is 10.7 Å². The fraction of sp³-hybridized carbons (Fsp3) is 0.158. The Morgan fingerprint density at radius 3 is 2.73 bits per heavy atom. The lowest BCUT2D eigenvalue weighted by Crippen LogP contribution is -2.27. The molecule has 1 amide bonds. The van der Waals surface area contributed by atoms with E-state index in [1.165, 1.54) is 29.8 Å². The summed E-state index contributed by atoms with van der Waals surface area (Å²) in [6.07, 6.45) is 6.88. The molecule has 0 aliphatic heterocycles. The Morgan fingerprint density at radius 2 is 2.07 bits per heavy atom. The highest BCUT2D eigenvalue weighted by atomic mass is 32.1. The summed E-state index contributed by atoms with van der Waals surface area (Å²) in [7, 11) is 1.71. The van der Waals surface area contributed by atoms with Gasteiger partial charge in [0.25, 0.3) is 5.91 Å². The van der Waals surface area contributed by atoms with Gasteiger partial charge in [-0.2, -0.15) is 0 Å². The van der Waals surface area contributed by atoms with Crippen molar-refractivity contribution in [2.24, 2.45) is 12.8 Å². The number of anilines is 1. The normalized spacial score (nSPS) is 11.1. The van der Waals surface area contributed by atoms with Crippen LogP contribution >= 0.6 is 11.3 Å². The minimum atomic E-state index is -0.387. The first-order valence-corrected chi connectivity index (χ1v) is 9.69. The number of aromatic nitrogens is 3. The van der Waals surface area contributed by atoms with Crippen LogP contribution in [0.5, 0.6) is 0 Å². The zero-order valence-corrected chi connectivity index (χ0v) is 17.0. The molecule has 154 valence electrons. The molecular formula is C19H21N9OS. The number of nitrogens with two attached hydrogens (primary N) is 2. The molecule has 0 aliphatic carbocycles. The van der Waals surface area contributed by atoms with Gasteiger partial charge < -0.3 is 37.6 Å². The summed E-state index contributed by atoms with van der Waals surface area (Å²) >= 11 is 1.34. The number of fused-ring (bicyclic) bond motifs is 1. The maximum atomic E-state index is 12.9. The number of rotatable bonds is 8. The number of pyridine rings is 1. The minimum Gasteiger partial charge on any atom is -0.405 e. The molecule has 0 spiro atoms. The van der Waals surface area contributed by atoms with Crippen molar-refractivity contribution < 1.29 is 4.79 Å². The molecule has 0 bridgehead atoms. The van der Waals surface area contributed by atoms with Crippen molar-refractivity contribution in [3.8, 4) is 0 Å². The fourth-order valence-corrected chi connectivity index (χ4v) is 4.20. The maximum absolute atomic E-state index is 12.9. The molecule has 0 atom stereocenters. The second kappa shape index (κ2) is 8.66. The SMILES string of the molecule is Cn1c(C(=O)NCc2nccc(N)c2C=N)c(C=N)c2sc(CC(=N)/C=C\N)nc21. The number of carbonyl (C=O) groups excluding carboxylic acids is 1. The number of nitrogen functional groups attached to an aromatic ring is 1. The third kappa shape index (κ3) is 3.82. The molecule has 3 aromatic rings. The molecule has 0 fully saturated rings. The topological polar surface area (TPSA) is 183 Å². The molecule has 8 N–H and O–H groups in total. The molecule has 0 aromatic carbocycles. The average Bonchev–Trinajstić information content (AvgIpc) is 3.23. The van der Waals surface area contributed by atoms with E-state index >= 15 is 0 Å². The molecule has 0 radical (unpaired) electrons. The number of amides is 1. The van der Waals surface area contributed by atoms with Crippen molar-refractivity contribution in [1.82, 2.24) is 19.9 Å². The molecule has 3 rings (SSSR count). The number of nitrogens with zero attached hydrogens (tertiary/aromatic N) is 3. The second-order valence-corrected chi connectivity index (χ2v) is 7.46. The molecule has 0 unspecified atom stereocenters. The van der Waals surface area contributed by atoms with Crippen LogP contribution in [-0.2, 0) is 20.0 Å². The van der Waals surface area contributed by atoms with Crippen molar-refractivity contribution in [2.45, 2.75) is 13.0 Å². The van der Waals surface area contributed by atoms with Crippen LogP contribution < -0.4 is 16.8 Å². The zero-order valence-electron chi connectivity index (χ0n) is 16.2. The number of hydrogen-bond donors (Lipinski definition) is 6. The van der Waals surface area contributed by atoms with Gasteiger partial charge >= 0.3 is 0 Å². The predicted octanol–water partition coefficient (Wildman–Crippen LogP) is 1.57. The predicted molar refractivity (Wildman–Crippen MR) is 119 cm³/mol. The Labute approximate surface area is 176 Å². The summed E-state index contributed by atoms with van der Waals surface area (Å²) in [6, 6.07) is 1.59. The highest BCUT2D eigenvalue weighted by molar-refractivity contribution is 7.19. The highest BCUT2D eigenvalue weighted by Crippen LogP contribution is 2.30. The molecule has 30 heavy (non-hydrogen) atoms. The van der Waals surface area contributed by atoms with Crippen molar-refractivity contribution in [2.75, 3.05) is 5.73 Å². The van der Waals surface area contributed by atoms with Gasteiger partial charge in [-0.15, -0.1) is 11.3 Å². The smallest absolute Gasteiger partial charge is 0.269 e. The number of carbonyl (C=O) groups is 1. The Kier molecular flexibility index (Phi) is 6.02. The fourth-order valence-electron chi connectivity index (χ4n) is 3.06. The van der Waals surface area contributed by atoms with E-state index in [0.717, 1.165) is 12.4 Å². The molecule has 0 saturated heterocycles. The lowest BCUT2D eigenvalue weighted by molar-refractivity contribution is 0.0942. The number of allylic oxidation sites excluding steroid dienone is 1. The van der Waals surface area contributed by atoms with E-state index in [1.54, 1.807) is 17.7 Å². The van der Waals surface area contributed by atoms with Gasteiger partial charge in [-0.3, -0.25) is 9.78 Å². The second-order valence-electron chi connectivity index (χ2n) is 6.37. The summed E-state index contributed by atoms with van der Waals surface area (Å²) in [5.74, 6) is -0.387. The quantitative estimate of drug-likeness (QED) is 0.300. The van der Waals surface area contributed by atoms with Crippen molar-refractivity contribution in [1.29, 1.82) is 16.2 Å². The first kappa shape index (κ1) is 20.9. The molecule has 0 aliphatic rings. The monoisotopic (exact) mass is 423 g/mol. The lowest BCUT2D eigenvalue weighted by atomic mass is 10.1. The van der Waals surface area contributed by atoms with E-state index in [9.17, 15) is 4.79 Å². The Balaban J connectivity index is 1.89. The van der Waals surface area contributed by atoms with E-state index in [0.29, 0.717) is 55.7 Å². The average molecular weight is 424 g/mol. The van der Waals surface area contributed by atoms with Gasteiger partial charge in [-0.05, 0) is 18.3 Å². The minimum absolute atomic E-state index is 0.0894. The molecular weight excluding hydrogens is 402 g/mol. The Hall–Kier alpha value is -3.86. The largest absolute Gasteiger partial charge is 0.405 e. The Morgan fingerprint density at radius 1 is 1.33 bits per heavy atom. The number of thiazole rings is 1. The van der Waals surface area contributed by atoms with Gasteiger partial charge in [-0.25, -0.2) is 4.98 Å². The number of aryl methyl sites for hydroxylation is 1. The standard InChI is InChI=1S/C19H21N9OS/c1-28-16(19(29)26-9-14-11(7-21)13(24)3-5-25-14)12(8-22)17-18(28)27-15(30-17)6-10(23)2-4-20/h2-5,7-8,21-23H,6,9,20H2,1H3,(H2,24,25)(H,26,29)/b4-2-,21-7?,22-8?,23-10?. The maximum Gasteiger partial charge on any atom is 0.269 e. The van der Waals surface area contributed by atoms with E-state index < -0.39 is 0 Å². The molecule has 3 heterocycles. The van der Waals surface area contributed by atoms with Crippen LogP contribution in [0.15, 0.2) is 24.5 Å². The van der Waals surface area contributed by atoms with E-state index in [2.05, 4.69) is 15.3 Å². The number of nitrogens with one attached hydrogen (secondary N) is 4. The van der Waals surface area contributed by atoms with Crippen molar-refractivity contribution in [3.05, 3.63) is 52.1 Å². The van der Waals surface area contributed by atoms with Crippen LogP contribution in [0.3, 0.4) is 0 Å². The molecule has 3 aromatic heterocycles. The summed E-state index contributed by atoms with van der Waals surface area (Å²) in [6.45, 7) is 0.0894. The van der Waals surface area contributed by atoms with Gasteiger partial charge in [0.05, 0.1) is 16.9 Å². The van der Waals surface area contributed by atoms with E-state index in [1.807, 2.05) is 0 Å². The zero-order chi connectivity index (χ0) is 21.8. The van der Waals surface area contributed by atoms with Gasteiger partial charge in [0.15, 0.2) is 5.65 Å².